The van der Waals surface area contributed by atoms with Crippen LogP contribution in [0.5, 0.6) is 0 Å². The van der Waals surface area contributed by atoms with Crippen LogP contribution >= 0.6 is 0 Å². The van der Waals surface area contributed by atoms with Crippen LogP contribution in [0.15, 0.2) is 18.2 Å². The molecular formula is C16H22O4. The zero-order valence-corrected chi connectivity index (χ0v) is 12.2. The fraction of sp³-hybridized carbons (Fsp3) is 0.500. The third-order valence-electron chi connectivity index (χ3n) is 3.60. The maximum absolute atomic E-state index is 11.4. The monoisotopic (exact) mass is 278 g/mol. The van der Waals surface area contributed by atoms with Crippen LogP contribution in [0.3, 0.4) is 0 Å². The van der Waals surface area contributed by atoms with Gasteiger partial charge in [-0.1, -0.05) is 33.6 Å². The predicted molar refractivity (Wildman–Crippen MR) is 77.5 cm³/mol. The summed E-state index contributed by atoms with van der Waals surface area (Å²) in [5.74, 6) is -1.69. The average molecular weight is 278 g/mol. The first-order valence-electron chi connectivity index (χ1n) is 6.99. The molecule has 0 fully saturated rings. The molecule has 0 radical (unpaired) electrons. The summed E-state index contributed by atoms with van der Waals surface area (Å²) in [5, 5.41) is 18.4. The van der Waals surface area contributed by atoms with E-state index in [-0.39, 0.29) is 23.0 Å². The van der Waals surface area contributed by atoms with Gasteiger partial charge in [-0.25, -0.2) is 9.59 Å². The predicted octanol–water partition coefficient (Wildman–Crippen LogP) is 4.01. The Morgan fingerprint density at radius 1 is 1.15 bits per heavy atom. The van der Waals surface area contributed by atoms with Crippen molar-refractivity contribution in [3.8, 4) is 0 Å². The largest absolute Gasteiger partial charge is 0.478 e. The van der Waals surface area contributed by atoms with Gasteiger partial charge in [-0.15, -0.1) is 0 Å². The summed E-state index contributed by atoms with van der Waals surface area (Å²) in [6, 6.07) is 4.28. The number of rotatable bonds is 7. The van der Waals surface area contributed by atoms with Gasteiger partial charge in [-0.05, 0) is 42.0 Å². The van der Waals surface area contributed by atoms with E-state index in [0.717, 1.165) is 19.3 Å². The van der Waals surface area contributed by atoms with Crippen LogP contribution in [-0.2, 0) is 0 Å². The highest BCUT2D eigenvalue weighted by molar-refractivity contribution is 5.93. The Hall–Kier alpha value is -1.84. The lowest BCUT2D eigenvalue weighted by Crippen LogP contribution is -2.14. The Morgan fingerprint density at radius 3 is 2.25 bits per heavy atom. The van der Waals surface area contributed by atoms with Gasteiger partial charge in [-0.3, -0.25) is 0 Å². The molecule has 0 bridgehead atoms. The van der Waals surface area contributed by atoms with Gasteiger partial charge in [-0.2, -0.15) is 0 Å². The first-order valence-corrected chi connectivity index (χ1v) is 6.99. The molecule has 0 aliphatic carbocycles. The molecule has 1 atom stereocenters. The highest BCUT2D eigenvalue weighted by atomic mass is 16.4. The van der Waals surface area contributed by atoms with Gasteiger partial charge in [0.2, 0.25) is 0 Å². The van der Waals surface area contributed by atoms with Crippen molar-refractivity contribution in [2.24, 2.45) is 5.92 Å². The van der Waals surface area contributed by atoms with Gasteiger partial charge in [0.15, 0.2) is 0 Å². The smallest absolute Gasteiger partial charge is 0.335 e. The molecule has 0 aliphatic heterocycles. The molecule has 2 N–H and O–H groups in total. The van der Waals surface area contributed by atoms with Gasteiger partial charge in [0.05, 0.1) is 11.1 Å². The average Bonchev–Trinajstić information content (AvgIpc) is 2.38. The van der Waals surface area contributed by atoms with E-state index < -0.39 is 11.9 Å². The Kier molecular flexibility index (Phi) is 5.74. The SMILES string of the molecule is CCCCC(c1cc(C(=O)O)ccc1C(=O)O)C(C)C. The summed E-state index contributed by atoms with van der Waals surface area (Å²) in [7, 11) is 0. The van der Waals surface area contributed by atoms with Crippen LogP contribution in [0.2, 0.25) is 0 Å². The van der Waals surface area contributed by atoms with E-state index in [9.17, 15) is 14.7 Å². The zero-order valence-electron chi connectivity index (χ0n) is 12.2. The van der Waals surface area contributed by atoms with Crippen LogP contribution in [0.25, 0.3) is 0 Å². The van der Waals surface area contributed by atoms with Crippen LogP contribution in [0.1, 0.15) is 72.2 Å². The van der Waals surface area contributed by atoms with E-state index in [1.165, 1.54) is 18.2 Å². The summed E-state index contributed by atoms with van der Waals surface area (Å²) in [6.07, 6.45) is 2.90. The highest BCUT2D eigenvalue weighted by Gasteiger charge is 2.23. The molecule has 0 saturated carbocycles. The third-order valence-corrected chi connectivity index (χ3v) is 3.60. The molecule has 0 heterocycles. The maximum Gasteiger partial charge on any atom is 0.335 e. The number of carboxylic acids is 2. The van der Waals surface area contributed by atoms with E-state index in [1.54, 1.807) is 0 Å². The van der Waals surface area contributed by atoms with E-state index in [2.05, 4.69) is 6.92 Å². The zero-order chi connectivity index (χ0) is 15.3. The van der Waals surface area contributed by atoms with Gasteiger partial charge < -0.3 is 10.2 Å². The summed E-state index contributed by atoms with van der Waals surface area (Å²) in [4.78, 5) is 22.4. The summed E-state index contributed by atoms with van der Waals surface area (Å²) in [6.45, 7) is 6.17. The molecule has 0 aromatic heterocycles. The van der Waals surface area contributed by atoms with Crippen molar-refractivity contribution in [2.45, 2.75) is 46.0 Å². The molecule has 20 heavy (non-hydrogen) atoms. The second-order valence-corrected chi connectivity index (χ2v) is 5.41. The Morgan fingerprint density at radius 2 is 1.80 bits per heavy atom. The summed E-state index contributed by atoms with van der Waals surface area (Å²) < 4.78 is 0. The molecule has 0 saturated heterocycles. The van der Waals surface area contributed by atoms with Crippen molar-refractivity contribution in [3.63, 3.8) is 0 Å². The highest BCUT2D eigenvalue weighted by Crippen LogP contribution is 2.33. The lowest BCUT2D eigenvalue weighted by molar-refractivity contribution is 0.0679. The lowest BCUT2D eigenvalue weighted by atomic mass is 9.81. The normalized spacial score (nSPS) is 12.4. The van der Waals surface area contributed by atoms with E-state index >= 15 is 0 Å². The number of carboxylic acid groups (broad SMARTS) is 2. The molecule has 0 aliphatic rings. The first kappa shape index (κ1) is 16.2. The number of carbonyl (C=O) groups is 2. The molecule has 1 aromatic carbocycles. The van der Waals surface area contributed by atoms with Gasteiger partial charge in [0.25, 0.3) is 0 Å². The minimum atomic E-state index is -1.03. The Balaban J connectivity index is 3.30. The van der Waals surface area contributed by atoms with E-state index in [0.29, 0.717) is 5.56 Å². The van der Waals surface area contributed by atoms with E-state index in [4.69, 9.17) is 5.11 Å². The number of benzene rings is 1. The number of aromatic carboxylic acids is 2. The second kappa shape index (κ2) is 7.08. The van der Waals surface area contributed by atoms with Crippen molar-refractivity contribution in [2.75, 3.05) is 0 Å². The molecular weight excluding hydrogens is 256 g/mol. The summed E-state index contributed by atoms with van der Waals surface area (Å²) >= 11 is 0. The Bertz CT molecular complexity index is 491. The number of hydrogen-bond donors (Lipinski definition) is 2. The van der Waals surface area contributed by atoms with Crippen molar-refractivity contribution in [3.05, 3.63) is 34.9 Å². The standard InChI is InChI=1S/C16H22O4/c1-4-5-6-12(10(2)3)14-9-11(15(17)18)7-8-13(14)16(19)20/h7-10,12H,4-6H2,1-3H3,(H,17,18)(H,19,20). The third kappa shape index (κ3) is 3.83. The number of unbranched alkanes of at least 4 members (excludes halogenated alkanes) is 1. The minimum Gasteiger partial charge on any atom is -0.478 e. The Labute approximate surface area is 119 Å². The quantitative estimate of drug-likeness (QED) is 0.790. The van der Waals surface area contributed by atoms with Crippen LogP contribution in [-0.4, -0.2) is 22.2 Å². The molecule has 0 amide bonds. The van der Waals surface area contributed by atoms with Crippen molar-refractivity contribution >= 4 is 11.9 Å². The lowest BCUT2D eigenvalue weighted by Gasteiger charge is -2.23. The first-order chi connectivity index (χ1) is 9.38. The second-order valence-electron chi connectivity index (χ2n) is 5.41. The molecule has 1 rings (SSSR count). The van der Waals surface area contributed by atoms with Crippen molar-refractivity contribution in [1.29, 1.82) is 0 Å². The minimum absolute atomic E-state index is 0.0698. The number of hydrogen-bond acceptors (Lipinski definition) is 2. The van der Waals surface area contributed by atoms with E-state index in [1.807, 2.05) is 13.8 Å². The molecule has 0 spiro atoms. The molecule has 110 valence electrons. The van der Waals surface area contributed by atoms with Crippen molar-refractivity contribution in [1.82, 2.24) is 0 Å². The summed E-state index contributed by atoms with van der Waals surface area (Å²) in [5.41, 5.74) is 0.998. The van der Waals surface area contributed by atoms with Crippen LogP contribution < -0.4 is 0 Å². The molecule has 4 nitrogen and oxygen atoms in total. The van der Waals surface area contributed by atoms with Crippen LogP contribution in [0.4, 0.5) is 0 Å². The molecule has 1 aromatic rings. The van der Waals surface area contributed by atoms with Gasteiger partial charge in [0, 0.05) is 0 Å². The van der Waals surface area contributed by atoms with Crippen LogP contribution in [0, 0.1) is 5.92 Å². The maximum atomic E-state index is 11.4. The topological polar surface area (TPSA) is 74.6 Å². The van der Waals surface area contributed by atoms with Gasteiger partial charge in [0.1, 0.15) is 0 Å². The van der Waals surface area contributed by atoms with Gasteiger partial charge >= 0.3 is 11.9 Å². The molecule has 1 unspecified atom stereocenters. The fourth-order valence-corrected chi connectivity index (χ4v) is 2.47. The molecule has 4 heteroatoms. The fourth-order valence-electron chi connectivity index (χ4n) is 2.47. The van der Waals surface area contributed by atoms with Crippen molar-refractivity contribution < 1.29 is 19.8 Å².